The van der Waals surface area contributed by atoms with Crippen LogP contribution in [0.15, 0.2) is 18.6 Å². The number of aromatic nitrogens is 4. The van der Waals surface area contributed by atoms with E-state index in [2.05, 4.69) is 20.3 Å². The average Bonchev–Trinajstić information content (AvgIpc) is 2.93. The fourth-order valence-corrected chi connectivity index (χ4v) is 4.14. The van der Waals surface area contributed by atoms with E-state index in [1.807, 2.05) is 13.1 Å². The van der Waals surface area contributed by atoms with Crippen LogP contribution in [-0.2, 0) is 12.8 Å². The largest absolute Gasteiger partial charge is 0.372 e. The maximum Gasteiger partial charge on any atom is 0.181 e. The molecule has 0 bridgehead atoms. The quantitative estimate of drug-likeness (QED) is 0.787. The Morgan fingerprint density at radius 3 is 2.90 bits per heavy atom. The Hall–Kier alpha value is -2.08. The Bertz CT molecular complexity index is 797. The number of thiophene rings is 1. The zero-order chi connectivity index (χ0) is 14.2. The van der Waals surface area contributed by atoms with E-state index in [-0.39, 0.29) is 0 Å². The first-order valence-corrected chi connectivity index (χ1v) is 7.95. The van der Waals surface area contributed by atoms with Crippen LogP contribution in [0.5, 0.6) is 0 Å². The van der Waals surface area contributed by atoms with Gasteiger partial charge in [0.25, 0.3) is 0 Å². The molecule has 0 saturated carbocycles. The van der Waals surface area contributed by atoms with Crippen molar-refractivity contribution in [3.8, 4) is 11.5 Å². The number of nitrogens with one attached hydrogen (secondary N) is 1. The molecular formula is C15H15N5S. The van der Waals surface area contributed by atoms with Crippen LogP contribution < -0.4 is 5.32 Å². The first kappa shape index (κ1) is 12.6. The summed E-state index contributed by atoms with van der Waals surface area (Å²) in [5, 5.41) is 4.43. The smallest absolute Gasteiger partial charge is 0.181 e. The third-order valence-corrected chi connectivity index (χ3v) is 5.05. The lowest BCUT2D eigenvalue weighted by Gasteiger charge is -2.11. The fourth-order valence-electron chi connectivity index (χ4n) is 2.88. The second-order valence-corrected chi connectivity index (χ2v) is 6.22. The van der Waals surface area contributed by atoms with Crippen molar-refractivity contribution in [1.29, 1.82) is 0 Å². The van der Waals surface area contributed by atoms with Gasteiger partial charge in [-0.1, -0.05) is 0 Å². The van der Waals surface area contributed by atoms with Gasteiger partial charge in [-0.3, -0.25) is 0 Å². The number of hydrogen-bond acceptors (Lipinski definition) is 6. The van der Waals surface area contributed by atoms with Crippen molar-refractivity contribution in [3.63, 3.8) is 0 Å². The number of hydrogen-bond donors (Lipinski definition) is 1. The maximum atomic E-state index is 4.74. The molecule has 1 aliphatic carbocycles. The van der Waals surface area contributed by atoms with E-state index in [4.69, 9.17) is 4.98 Å². The highest BCUT2D eigenvalue weighted by Crippen LogP contribution is 2.39. The molecule has 4 rings (SSSR count). The summed E-state index contributed by atoms with van der Waals surface area (Å²) in [7, 11) is 1.92. The van der Waals surface area contributed by atoms with Crippen molar-refractivity contribution in [1.82, 2.24) is 19.9 Å². The van der Waals surface area contributed by atoms with Gasteiger partial charge < -0.3 is 5.32 Å². The molecule has 5 nitrogen and oxygen atoms in total. The minimum absolute atomic E-state index is 0.660. The Kier molecular flexibility index (Phi) is 3.03. The van der Waals surface area contributed by atoms with Gasteiger partial charge >= 0.3 is 0 Å². The topological polar surface area (TPSA) is 63.6 Å². The van der Waals surface area contributed by atoms with Gasteiger partial charge in [-0.15, -0.1) is 11.3 Å². The predicted molar refractivity (Wildman–Crippen MR) is 84.6 cm³/mol. The number of rotatable bonds is 2. The molecule has 0 saturated heterocycles. The lowest BCUT2D eigenvalue weighted by atomic mass is 9.97. The van der Waals surface area contributed by atoms with E-state index in [9.17, 15) is 0 Å². The number of nitrogens with zero attached hydrogens (tertiary/aromatic N) is 4. The van der Waals surface area contributed by atoms with Crippen LogP contribution in [0.3, 0.4) is 0 Å². The standard InChI is InChI=1S/C15H15N5S/c1-16-14-12-9-4-2-3-5-11(9)21-15(12)20-13(19-14)10-6-7-17-8-18-10/h6-8H,2-5H2,1H3,(H,16,19,20). The molecule has 0 radical (unpaired) electrons. The molecule has 0 aliphatic heterocycles. The second-order valence-electron chi connectivity index (χ2n) is 5.13. The first-order chi connectivity index (χ1) is 10.4. The number of anilines is 1. The molecule has 6 heteroatoms. The van der Waals surface area contributed by atoms with E-state index in [1.54, 1.807) is 17.5 Å². The summed E-state index contributed by atoms with van der Waals surface area (Å²) >= 11 is 1.80. The molecule has 3 aromatic rings. The van der Waals surface area contributed by atoms with E-state index < -0.39 is 0 Å². The molecule has 21 heavy (non-hydrogen) atoms. The van der Waals surface area contributed by atoms with Crippen LogP contribution in [0.2, 0.25) is 0 Å². The van der Waals surface area contributed by atoms with Crippen molar-refractivity contribution in [2.24, 2.45) is 0 Å². The highest BCUT2D eigenvalue weighted by atomic mass is 32.1. The van der Waals surface area contributed by atoms with Crippen molar-refractivity contribution in [3.05, 3.63) is 29.0 Å². The van der Waals surface area contributed by atoms with Crippen molar-refractivity contribution in [2.75, 3.05) is 12.4 Å². The van der Waals surface area contributed by atoms with Crippen LogP contribution in [0, 0.1) is 0 Å². The summed E-state index contributed by atoms with van der Waals surface area (Å²) in [6, 6.07) is 1.84. The summed E-state index contributed by atoms with van der Waals surface area (Å²) in [6.07, 6.45) is 8.09. The third-order valence-electron chi connectivity index (χ3n) is 3.86. The fraction of sp³-hybridized carbons (Fsp3) is 0.333. The molecule has 0 aromatic carbocycles. The Balaban J connectivity index is 1.96. The van der Waals surface area contributed by atoms with Gasteiger partial charge in [-0.05, 0) is 37.3 Å². The molecule has 0 fully saturated rings. The van der Waals surface area contributed by atoms with E-state index >= 15 is 0 Å². The molecule has 0 unspecified atom stereocenters. The minimum atomic E-state index is 0.660. The number of fused-ring (bicyclic) bond motifs is 3. The molecule has 1 N–H and O–H groups in total. The van der Waals surface area contributed by atoms with Crippen LogP contribution in [0.25, 0.3) is 21.7 Å². The number of aryl methyl sites for hydroxylation is 2. The summed E-state index contributed by atoms with van der Waals surface area (Å²) in [5.74, 6) is 1.57. The molecule has 0 atom stereocenters. The Morgan fingerprint density at radius 1 is 1.19 bits per heavy atom. The van der Waals surface area contributed by atoms with Gasteiger partial charge in [0.15, 0.2) is 5.82 Å². The Labute approximate surface area is 126 Å². The molecule has 1 aliphatic rings. The monoisotopic (exact) mass is 297 g/mol. The molecule has 106 valence electrons. The van der Waals surface area contributed by atoms with Crippen molar-refractivity contribution >= 4 is 27.4 Å². The van der Waals surface area contributed by atoms with Crippen LogP contribution in [-0.4, -0.2) is 27.0 Å². The highest BCUT2D eigenvalue weighted by molar-refractivity contribution is 7.19. The molecule has 3 aromatic heterocycles. The summed E-state index contributed by atoms with van der Waals surface area (Å²) in [4.78, 5) is 20.1. The first-order valence-electron chi connectivity index (χ1n) is 7.13. The minimum Gasteiger partial charge on any atom is -0.372 e. The van der Waals surface area contributed by atoms with Crippen molar-refractivity contribution < 1.29 is 0 Å². The summed E-state index contributed by atoms with van der Waals surface area (Å²) in [5.41, 5.74) is 2.20. The molecule has 0 amide bonds. The maximum absolute atomic E-state index is 4.74. The van der Waals surface area contributed by atoms with Gasteiger partial charge in [0.2, 0.25) is 0 Å². The lowest BCUT2D eigenvalue weighted by Crippen LogP contribution is -2.02. The lowest BCUT2D eigenvalue weighted by molar-refractivity contribution is 0.700. The highest BCUT2D eigenvalue weighted by Gasteiger charge is 2.21. The van der Waals surface area contributed by atoms with Crippen LogP contribution >= 0.6 is 11.3 Å². The van der Waals surface area contributed by atoms with Gasteiger partial charge in [0.1, 0.15) is 22.7 Å². The van der Waals surface area contributed by atoms with E-state index in [0.717, 1.165) is 22.8 Å². The third kappa shape index (κ3) is 2.06. The summed E-state index contributed by atoms with van der Waals surface area (Å²) < 4.78 is 0. The predicted octanol–water partition coefficient (Wildman–Crippen LogP) is 3.07. The average molecular weight is 297 g/mol. The molecule has 0 spiro atoms. The normalized spacial score (nSPS) is 14.1. The SMILES string of the molecule is CNc1nc(-c2ccncn2)nc2sc3c(c12)CCCC3. The van der Waals surface area contributed by atoms with Gasteiger partial charge in [0, 0.05) is 18.1 Å². The molecular weight excluding hydrogens is 282 g/mol. The summed E-state index contributed by atoms with van der Waals surface area (Å²) in [6.45, 7) is 0. The molecule has 3 heterocycles. The van der Waals surface area contributed by atoms with Gasteiger partial charge in [0.05, 0.1) is 5.39 Å². The Morgan fingerprint density at radius 2 is 2.10 bits per heavy atom. The van der Waals surface area contributed by atoms with E-state index in [0.29, 0.717) is 5.82 Å². The van der Waals surface area contributed by atoms with Crippen LogP contribution in [0.4, 0.5) is 5.82 Å². The van der Waals surface area contributed by atoms with Gasteiger partial charge in [-0.2, -0.15) is 0 Å². The van der Waals surface area contributed by atoms with Crippen LogP contribution in [0.1, 0.15) is 23.3 Å². The second kappa shape index (κ2) is 5.04. The zero-order valence-electron chi connectivity index (χ0n) is 11.8. The van der Waals surface area contributed by atoms with Gasteiger partial charge in [-0.25, -0.2) is 19.9 Å². The zero-order valence-corrected chi connectivity index (χ0v) is 12.6. The van der Waals surface area contributed by atoms with Crippen molar-refractivity contribution in [2.45, 2.75) is 25.7 Å². The van der Waals surface area contributed by atoms with E-state index in [1.165, 1.54) is 41.4 Å².